The first kappa shape index (κ1) is 11.6. The van der Waals surface area contributed by atoms with Gasteiger partial charge in [0.2, 0.25) is 0 Å². The van der Waals surface area contributed by atoms with Crippen LogP contribution in [0.5, 0.6) is 0 Å². The Kier molecular flexibility index (Phi) is 3.02. The molecular weight excluding hydrogens is 200 g/mol. The number of benzene rings is 1. The first-order valence-corrected chi connectivity index (χ1v) is 5.69. The summed E-state index contributed by atoms with van der Waals surface area (Å²) in [6.07, 6.45) is 0. The van der Waals surface area contributed by atoms with Crippen LogP contribution in [0.25, 0.3) is 0 Å². The van der Waals surface area contributed by atoms with Crippen molar-refractivity contribution in [2.45, 2.75) is 19.9 Å². The van der Waals surface area contributed by atoms with Gasteiger partial charge in [-0.15, -0.1) is 0 Å². The molecule has 4 N–H and O–H groups in total. The molecule has 1 saturated heterocycles. The van der Waals surface area contributed by atoms with Crippen molar-refractivity contribution < 1.29 is 4.74 Å². The molecule has 0 bridgehead atoms. The van der Waals surface area contributed by atoms with Gasteiger partial charge >= 0.3 is 0 Å². The molecule has 1 aliphatic heterocycles. The lowest BCUT2D eigenvalue weighted by Gasteiger charge is -2.45. The Labute approximate surface area is 96.8 Å². The molecule has 2 rings (SSSR count). The lowest BCUT2D eigenvalue weighted by molar-refractivity contribution is -0.121. The topological polar surface area (TPSA) is 61.3 Å². The van der Waals surface area contributed by atoms with Crippen molar-refractivity contribution in [3.63, 3.8) is 0 Å². The zero-order valence-electron chi connectivity index (χ0n) is 9.99. The summed E-state index contributed by atoms with van der Waals surface area (Å²) in [6.45, 7) is 6.12. The summed E-state index contributed by atoms with van der Waals surface area (Å²) in [5.41, 5.74) is 15.8. The average molecular weight is 220 g/mol. The number of rotatable bonds is 3. The Bertz CT molecular complexity index is 380. The van der Waals surface area contributed by atoms with Crippen molar-refractivity contribution in [1.29, 1.82) is 0 Å². The lowest BCUT2D eigenvalue weighted by Crippen LogP contribution is -2.55. The highest BCUT2D eigenvalue weighted by atomic mass is 16.5. The number of aryl methyl sites for hydroxylation is 2. The van der Waals surface area contributed by atoms with Crippen LogP contribution >= 0.6 is 0 Å². The van der Waals surface area contributed by atoms with E-state index < -0.39 is 0 Å². The van der Waals surface area contributed by atoms with Gasteiger partial charge in [0.05, 0.1) is 13.2 Å². The van der Waals surface area contributed by atoms with E-state index in [2.05, 4.69) is 32.0 Å². The van der Waals surface area contributed by atoms with Gasteiger partial charge in [-0.25, -0.2) is 0 Å². The van der Waals surface area contributed by atoms with Crippen molar-refractivity contribution in [3.8, 4) is 0 Å². The normalized spacial score (nSPS) is 20.2. The van der Waals surface area contributed by atoms with E-state index in [4.69, 9.17) is 16.2 Å². The van der Waals surface area contributed by atoms with Crippen molar-refractivity contribution in [1.82, 2.24) is 0 Å². The summed E-state index contributed by atoms with van der Waals surface area (Å²) in [5.74, 6) is 0. The average Bonchev–Trinajstić information content (AvgIpc) is 2.21. The Morgan fingerprint density at radius 2 is 2.06 bits per heavy atom. The van der Waals surface area contributed by atoms with Gasteiger partial charge in [-0.3, -0.25) is 0 Å². The van der Waals surface area contributed by atoms with E-state index in [0.717, 1.165) is 0 Å². The van der Waals surface area contributed by atoms with Gasteiger partial charge < -0.3 is 16.2 Å². The summed E-state index contributed by atoms with van der Waals surface area (Å²) in [6, 6.07) is 6.37. The minimum absolute atomic E-state index is 0.0221. The van der Waals surface area contributed by atoms with Gasteiger partial charge in [0.15, 0.2) is 0 Å². The van der Waals surface area contributed by atoms with Crippen LogP contribution in [0.3, 0.4) is 0 Å². The Balaban J connectivity index is 2.32. The third-order valence-corrected chi connectivity index (χ3v) is 3.62. The van der Waals surface area contributed by atoms with Crippen LogP contribution in [0, 0.1) is 19.3 Å². The van der Waals surface area contributed by atoms with Crippen molar-refractivity contribution in [2.24, 2.45) is 16.9 Å². The lowest BCUT2D eigenvalue weighted by atomic mass is 9.74. The van der Waals surface area contributed by atoms with Crippen LogP contribution in [0.15, 0.2) is 18.2 Å². The molecule has 1 aliphatic rings. The monoisotopic (exact) mass is 220 g/mol. The van der Waals surface area contributed by atoms with Gasteiger partial charge in [-0.1, -0.05) is 23.8 Å². The Morgan fingerprint density at radius 3 is 2.56 bits per heavy atom. The molecule has 1 unspecified atom stereocenters. The minimum Gasteiger partial charge on any atom is -0.380 e. The van der Waals surface area contributed by atoms with Gasteiger partial charge in [0, 0.05) is 18.0 Å². The fourth-order valence-electron chi connectivity index (χ4n) is 2.21. The molecule has 1 aromatic rings. The molecular formula is C13H20N2O. The molecule has 1 fully saturated rings. The molecule has 0 aliphatic carbocycles. The van der Waals surface area contributed by atoms with E-state index in [9.17, 15) is 0 Å². The van der Waals surface area contributed by atoms with Gasteiger partial charge in [-0.05, 0) is 25.0 Å². The summed E-state index contributed by atoms with van der Waals surface area (Å²) in [4.78, 5) is 0. The first-order chi connectivity index (χ1) is 7.59. The number of nitrogens with two attached hydrogens (primary N) is 2. The summed E-state index contributed by atoms with van der Waals surface area (Å²) in [5, 5.41) is 0. The van der Waals surface area contributed by atoms with E-state index >= 15 is 0 Å². The van der Waals surface area contributed by atoms with E-state index in [1.807, 2.05) is 0 Å². The first-order valence-electron chi connectivity index (χ1n) is 5.69. The molecule has 0 aromatic heterocycles. The molecule has 88 valence electrons. The minimum atomic E-state index is -0.0570. The maximum Gasteiger partial charge on any atom is 0.0575 e. The van der Waals surface area contributed by atoms with E-state index in [1.165, 1.54) is 16.7 Å². The molecule has 1 aromatic carbocycles. The quantitative estimate of drug-likeness (QED) is 0.806. The third kappa shape index (κ3) is 1.75. The van der Waals surface area contributed by atoms with Gasteiger partial charge in [0.25, 0.3) is 0 Å². The predicted molar refractivity (Wildman–Crippen MR) is 65.2 cm³/mol. The zero-order valence-corrected chi connectivity index (χ0v) is 9.99. The largest absolute Gasteiger partial charge is 0.380 e. The predicted octanol–water partition coefficient (Wildman–Crippen LogP) is 1.28. The highest BCUT2D eigenvalue weighted by Crippen LogP contribution is 2.39. The Hall–Kier alpha value is -0.900. The highest BCUT2D eigenvalue weighted by Gasteiger charge is 2.43. The van der Waals surface area contributed by atoms with Crippen LogP contribution in [0.1, 0.15) is 22.7 Å². The van der Waals surface area contributed by atoms with Crippen LogP contribution in [0.4, 0.5) is 0 Å². The SMILES string of the molecule is Cc1ccc(C)c(C(N)C2(CN)COC2)c1. The van der Waals surface area contributed by atoms with Crippen molar-refractivity contribution >= 4 is 0 Å². The molecule has 0 amide bonds. The fraction of sp³-hybridized carbons (Fsp3) is 0.538. The molecule has 3 heteroatoms. The highest BCUT2D eigenvalue weighted by molar-refractivity contribution is 5.34. The second kappa shape index (κ2) is 4.17. The smallest absolute Gasteiger partial charge is 0.0575 e. The third-order valence-electron chi connectivity index (χ3n) is 3.62. The van der Waals surface area contributed by atoms with Crippen LogP contribution in [0.2, 0.25) is 0 Å². The second-order valence-corrected chi connectivity index (χ2v) is 4.90. The zero-order chi connectivity index (χ0) is 11.8. The Morgan fingerprint density at radius 1 is 1.38 bits per heavy atom. The molecule has 0 radical (unpaired) electrons. The number of hydrogen-bond donors (Lipinski definition) is 2. The molecule has 16 heavy (non-hydrogen) atoms. The van der Waals surface area contributed by atoms with E-state index in [1.54, 1.807) is 0 Å². The summed E-state index contributed by atoms with van der Waals surface area (Å²) >= 11 is 0. The molecule has 1 atom stereocenters. The van der Waals surface area contributed by atoms with Gasteiger partial charge in [0.1, 0.15) is 0 Å². The molecule has 0 saturated carbocycles. The molecule has 3 nitrogen and oxygen atoms in total. The van der Waals surface area contributed by atoms with Crippen LogP contribution in [-0.4, -0.2) is 19.8 Å². The van der Waals surface area contributed by atoms with Crippen molar-refractivity contribution in [2.75, 3.05) is 19.8 Å². The number of ether oxygens (including phenoxy) is 1. The standard InChI is InChI=1S/C13H20N2O/c1-9-3-4-10(2)11(5-9)12(15)13(6-14)7-16-8-13/h3-5,12H,6-8,14-15H2,1-2H3. The second-order valence-electron chi connectivity index (χ2n) is 4.90. The summed E-state index contributed by atoms with van der Waals surface area (Å²) in [7, 11) is 0. The van der Waals surface area contributed by atoms with E-state index in [-0.39, 0.29) is 11.5 Å². The maximum absolute atomic E-state index is 6.36. The van der Waals surface area contributed by atoms with Crippen LogP contribution in [-0.2, 0) is 4.74 Å². The molecule has 1 heterocycles. The summed E-state index contributed by atoms with van der Waals surface area (Å²) < 4.78 is 5.28. The van der Waals surface area contributed by atoms with E-state index in [0.29, 0.717) is 19.8 Å². The van der Waals surface area contributed by atoms with Crippen LogP contribution < -0.4 is 11.5 Å². The number of hydrogen-bond acceptors (Lipinski definition) is 3. The maximum atomic E-state index is 6.36. The van der Waals surface area contributed by atoms with Crippen molar-refractivity contribution in [3.05, 3.63) is 34.9 Å². The molecule has 0 spiro atoms. The fourth-order valence-corrected chi connectivity index (χ4v) is 2.21. The van der Waals surface area contributed by atoms with Gasteiger partial charge in [-0.2, -0.15) is 0 Å².